The molecule has 18 heavy (non-hydrogen) atoms. The molecule has 94 valence electrons. The third kappa shape index (κ3) is 2.37. The molecule has 0 radical (unpaired) electrons. The van der Waals surface area contributed by atoms with Gasteiger partial charge in [0.25, 0.3) is 5.91 Å². The highest BCUT2D eigenvalue weighted by Crippen LogP contribution is 2.19. The van der Waals surface area contributed by atoms with E-state index in [2.05, 4.69) is 10.4 Å². The third-order valence-corrected chi connectivity index (χ3v) is 2.80. The van der Waals surface area contributed by atoms with E-state index in [-0.39, 0.29) is 5.91 Å². The van der Waals surface area contributed by atoms with E-state index < -0.39 is 0 Å². The Bertz CT molecular complexity index is 579. The molecule has 0 saturated carbocycles. The Kier molecular flexibility index (Phi) is 3.64. The number of hydrogen-bond donors (Lipinski definition) is 2. The van der Waals surface area contributed by atoms with E-state index in [9.17, 15) is 4.79 Å². The van der Waals surface area contributed by atoms with Gasteiger partial charge in [-0.1, -0.05) is 17.7 Å². The van der Waals surface area contributed by atoms with Crippen molar-refractivity contribution in [2.24, 2.45) is 5.73 Å². The Balaban J connectivity index is 2.45. The minimum absolute atomic E-state index is 0.231. The van der Waals surface area contributed by atoms with Crippen LogP contribution in [0.15, 0.2) is 30.5 Å². The maximum Gasteiger partial charge on any atom is 0.271 e. The molecule has 0 aliphatic carbocycles. The second-order valence-electron chi connectivity index (χ2n) is 3.70. The smallest absolute Gasteiger partial charge is 0.271 e. The van der Waals surface area contributed by atoms with Crippen molar-refractivity contribution in [1.29, 1.82) is 0 Å². The molecule has 2 rings (SSSR count). The highest BCUT2D eigenvalue weighted by molar-refractivity contribution is 6.30. The summed E-state index contributed by atoms with van der Waals surface area (Å²) in [4.78, 5) is 11.4. The lowest BCUT2D eigenvalue weighted by atomic mass is 10.2. The molecule has 5 nitrogen and oxygen atoms in total. The van der Waals surface area contributed by atoms with Crippen LogP contribution in [0, 0.1) is 0 Å². The normalized spacial score (nSPS) is 10.4. The van der Waals surface area contributed by atoms with Gasteiger partial charge in [0.2, 0.25) is 0 Å². The number of carbonyl (C=O) groups excluding carboxylic acids is 1. The predicted octanol–water partition coefficient (Wildman–Crippen LogP) is 1.34. The van der Waals surface area contributed by atoms with Crippen LogP contribution in [0.1, 0.15) is 16.1 Å². The van der Waals surface area contributed by atoms with Crippen molar-refractivity contribution in [2.45, 2.75) is 6.54 Å². The summed E-state index contributed by atoms with van der Waals surface area (Å²) in [5, 5.41) is 7.31. The molecule has 0 spiro atoms. The molecular weight excluding hydrogens is 252 g/mol. The molecule has 1 aromatic heterocycles. The average molecular weight is 265 g/mol. The summed E-state index contributed by atoms with van der Waals surface area (Å²) in [5.74, 6) is -0.231. The Labute approximate surface area is 110 Å². The van der Waals surface area contributed by atoms with E-state index in [4.69, 9.17) is 17.3 Å². The van der Waals surface area contributed by atoms with Crippen molar-refractivity contribution >= 4 is 17.5 Å². The SMILES string of the molecule is CNC(=O)c1ccn(-c2cc(Cl)ccc2CN)n1. The number of amides is 1. The van der Waals surface area contributed by atoms with Gasteiger partial charge in [-0.25, -0.2) is 4.68 Å². The number of hydrogen-bond acceptors (Lipinski definition) is 3. The van der Waals surface area contributed by atoms with Gasteiger partial charge in [-0.3, -0.25) is 4.79 Å². The van der Waals surface area contributed by atoms with Crippen LogP contribution < -0.4 is 11.1 Å². The van der Waals surface area contributed by atoms with E-state index in [0.717, 1.165) is 11.3 Å². The summed E-state index contributed by atoms with van der Waals surface area (Å²) >= 11 is 5.96. The molecule has 0 atom stereocenters. The first kappa shape index (κ1) is 12.6. The molecule has 3 N–H and O–H groups in total. The Morgan fingerprint density at radius 3 is 2.94 bits per heavy atom. The molecule has 0 fully saturated rings. The molecule has 1 aromatic carbocycles. The van der Waals surface area contributed by atoms with Gasteiger partial charge < -0.3 is 11.1 Å². The van der Waals surface area contributed by atoms with E-state index in [1.54, 1.807) is 36.1 Å². The topological polar surface area (TPSA) is 72.9 Å². The molecule has 6 heteroatoms. The van der Waals surface area contributed by atoms with Gasteiger partial charge in [-0.05, 0) is 23.8 Å². The van der Waals surface area contributed by atoms with E-state index in [1.807, 2.05) is 6.07 Å². The quantitative estimate of drug-likeness (QED) is 0.879. The molecule has 1 amide bonds. The first-order chi connectivity index (χ1) is 8.65. The molecule has 0 saturated heterocycles. The van der Waals surface area contributed by atoms with Gasteiger partial charge >= 0.3 is 0 Å². The molecular formula is C12H13ClN4O. The summed E-state index contributed by atoms with van der Waals surface area (Å²) < 4.78 is 1.60. The largest absolute Gasteiger partial charge is 0.354 e. The van der Waals surface area contributed by atoms with Gasteiger partial charge in [0, 0.05) is 24.8 Å². The van der Waals surface area contributed by atoms with Gasteiger partial charge in [0.1, 0.15) is 0 Å². The lowest BCUT2D eigenvalue weighted by Crippen LogP contribution is -2.18. The summed E-state index contributed by atoms with van der Waals surface area (Å²) in [6.45, 7) is 0.377. The van der Waals surface area contributed by atoms with Crippen LogP contribution in [0.2, 0.25) is 5.02 Å². The van der Waals surface area contributed by atoms with Crippen LogP contribution in [0.25, 0.3) is 5.69 Å². The van der Waals surface area contributed by atoms with E-state index in [1.165, 1.54) is 0 Å². The van der Waals surface area contributed by atoms with Crippen LogP contribution in [-0.2, 0) is 6.54 Å². The second-order valence-corrected chi connectivity index (χ2v) is 4.14. The van der Waals surface area contributed by atoms with Gasteiger partial charge in [0.05, 0.1) is 5.69 Å². The van der Waals surface area contributed by atoms with Crippen molar-refractivity contribution in [3.05, 3.63) is 46.7 Å². The molecule has 1 heterocycles. The van der Waals surface area contributed by atoms with E-state index in [0.29, 0.717) is 17.3 Å². The number of nitrogens with one attached hydrogen (secondary N) is 1. The number of aromatic nitrogens is 2. The lowest BCUT2D eigenvalue weighted by Gasteiger charge is -2.08. The second kappa shape index (κ2) is 5.20. The fourth-order valence-electron chi connectivity index (χ4n) is 1.63. The molecule has 0 bridgehead atoms. The highest BCUT2D eigenvalue weighted by atomic mass is 35.5. The number of rotatable bonds is 3. The Morgan fingerprint density at radius 2 is 2.28 bits per heavy atom. The number of carbonyl (C=O) groups is 1. The summed E-state index contributed by atoms with van der Waals surface area (Å²) in [5.41, 5.74) is 7.70. The van der Waals surface area contributed by atoms with Crippen LogP contribution in [0.5, 0.6) is 0 Å². The average Bonchev–Trinajstić information content (AvgIpc) is 2.87. The summed E-state index contributed by atoms with van der Waals surface area (Å²) in [6.07, 6.45) is 1.70. The molecule has 0 aliphatic heterocycles. The minimum Gasteiger partial charge on any atom is -0.354 e. The number of halogens is 1. The summed E-state index contributed by atoms with van der Waals surface area (Å²) in [6, 6.07) is 7.03. The number of benzene rings is 1. The van der Waals surface area contributed by atoms with Crippen LogP contribution in [0.3, 0.4) is 0 Å². The highest BCUT2D eigenvalue weighted by Gasteiger charge is 2.10. The standard InChI is InChI=1S/C12H13ClN4O/c1-15-12(18)10-4-5-17(16-10)11-6-9(13)3-2-8(11)7-14/h2-6H,7,14H2,1H3,(H,15,18). The van der Waals surface area contributed by atoms with Crippen molar-refractivity contribution < 1.29 is 4.79 Å². The number of nitrogens with zero attached hydrogens (tertiary/aromatic N) is 2. The molecule has 0 aliphatic rings. The van der Waals surface area contributed by atoms with Crippen LogP contribution in [0.4, 0.5) is 0 Å². The lowest BCUT2D eigenvalue weighted by molar-refractivity contribution is 0.0957. The predicted molar refractivity (Wildman–Crippen MR) is 69.9 cm³/mol. The van der Waals surface area contributed by atoms with E-state index >= 15 is 0 Å². The van der Waals surface area contributed by atoms with Gasteiger partial charge in [-0.15, -0.1) is 0 Å². The third-order valence-electron chi connectivity index (χ3n) is 2.56. The van der Waals surface area contributed by atoms with Crippen LogP contribution >= 0.6 is 11.6 Å². The minimum atomic E-state index is -0.231. The van der Waals surface area contributed by atoms with Crippen molar-refractivity contribution in [2.75, 3.05) is 7.05 Å². The first-order valence-electron chi connectivity index (χ1n) is 5.42. The maximum absolute atomic E-state index is 11.4. The molecule has 2 aromatic rings. The zero-order valence-electron chi connectivity index (χ0n) is 9.85. The van der Waals surface area contributed by atoms with Crippen molar-refractivity contribution in [3.63, 3.8) is 0 Å². The number of nitrogens with two attached hydrogens (primary N) is 1. The zero-order valence-corrected chi connectivity index (χ0v) is 10.6. The van der Waals surface area contributed by atoms with Crippen molar-refractivity contribution in [1.82, 2.24) is 15.1 Å². The monoisotopic (exact) mass is 264 g/mol. The first-order valence-corrected chi connectivity index (χ1v) is 5.80. The van der Waals surface area contributed by atoms with Crippen molar-refractivity contribution in [3.8, 4) is 5.69 Å². The molecule has 0 unspecified atom stereocenters. The fourth-order valence-corrected chi connectivity index (χ4v) is 1.80. The van der Waals surface area contributed by atoms with Gasteiger partial charge in [-0.2, -0.15) is 5.10 Å². The fraction of sp³-hybridized carbons (Fsp3) is 0.167. The zero-order chi connectivity index (χ0) is 13.1. The summed E-state index contributed by atoms with van der Waals surface area (Å²) in [7, 11) is 1.56. The maximum atomic E-state index is 11.4. The van der Waals surface area contributed by atoms with Gasteiger partial charge in [0.15, 0.2) is 5.69 Å². The van der Waals surface area contributed by atoms with Crippen LogP contribution in [-0.4, -0.2) is 22.7 Å². The Morgan fingerprint density at radius 1 is 1.50 bits per heavy atom. The Hall–Kier alpha value is -1.85.